The van der Waals surface area contributed by atoms with Gasteiger partial charge in [0.25, 0.3) is 5.91 Å². The number of Topliss-reactive ketones (excluding diaryl/α,β-unsaturated/α-hetero) is 1. The average molecular weight is 388 g/mol. The number of hydrogen-bond acceptors (Lipinski definition) is 5. The van der Waals surface area contributed by atoms with Crippen LogP contribution in [0.2, 0.25) is 0 Å². The van der Waals surface area contributed by atoms with Crippen LogP contribution >= 0.6 is 0 Å². The molecule has 1 aromatic carbocycles. The summed E-state index contributed by atoms with van der Waals surface area (Å²) >= 11 is 0. The largest absolute Gasteiger partial charge is 0.494 e. The van der Waals surface area contributed by atoms with Gasteiger partial charge in [0.1, 0.15) is 11.9 Å². The number of carbonyl (C=O) groups is 3. The Morgan fingerprint density at radius 1 is 1.04 bits per heavy atom. The van der Waals surface area contributed by atoms with Crippen molar-refractivity contribution in [1.29, 1.82) is 0 Å². The lowest BCUT2D eigenvalue weighted by Gasteiger charge is -2.35. The van der Waals surface area contributed by atoms with Crippen molar-refractivity contribution in [2.24, 2.45) is 0 Å². The highest BCUT2D eigenvalue weighted by Gasteiger charge is 2.31. The number of rotatable bonds is 7. The van der Waals surface area contributed by atoms with Gasteiger partial charge in [-0.05, 0) is 44.0 Å². The first-order valence-electron chi connectivity index (χ1n) is 10.0. The molecule has 0 spiro atoms. The van der Waals surface area contributed by atoms with E-state index in [1.807, 2.05) is 6.92 Å². The lowest BCUT2D eigenvalue weighted by Crippen LogP contribution is -2.52. The Hall–Kier alpha value is -2.41. The van der Waals surface area contributed by atoms with Gasteiger partial charge in [-0.1, -0.05) is 0 Å². The van der Waals surface area contributed by atoms with Crippen LogP contribution in [-0.2, 0) is 14.3 Å². The summed E-state index contributed by atoms with van der Waals surface area (Å²) in [4.78, 5) is 40.6. The van der Waals surface area contributed by atoms with Crippen molar-refractivity contribution < 1.29 is 23.9 Å². The zero-order valence-electron chi connectivity index (χ0n) is 16.4. The van der Waals surface area contributed by atoms with Gasteiger partial charge in [-0.2, -0.15) is 0 Å². The maximum Gasteiger partial charge on any atom is 0.251 e. The highest BCUT2D eigenvalue weighted by Crippen LogP contribution is 2.17. The van der Waals surface area contributed by atoms with E-state index in [0.29, 0.717) is 45.0 Å². The highest BCUT2D eigenvalue weighted by atomic mass is 16.5. The fourth-order valence-electron chi connectivity index (χ4n) is 3.58. The third-order valence-corrected chi connectivity index (χ3v) is 5.20. The Labute approximate surface area is 165 Å². The molecule has 0 aliphatic carbocycles. The van der Waals surface area contributed by atoms with Crippen LogP contribution in [0.25, 0.3) is 0 Å². The van der Waals surface area contributed by atoms with Gasteiger partial charge in [0.05, 0.1) is 6.61 Å². The second-order valence-electron chi connectivity index (χ2n) is 7.09. The number of amides is 2. The molecule has 2 aliphatic rings. The van der Waals surface area contributed by atoms with Crippen molar-refractivity contribution in [3.05, 3.63) is 29.8 Å². The summed E-state index contributed by atoms with van der Waals surface area (Å²) in [6.07, 6.45) is 1.77. The van der Waals surface area contributed by atoms with Crippen molar-refractivity contribution in [2.45, 2.75) is 38.7 Å². The van der Waals surface area contributed by atoms with Crippen molar-refractivity contribution in [1.82, 2.24) is 9.80 Å². The Morgan fingerprint density at radius 2 is 1.71 bits per heavy atom. The summed E-state index contributed by atoms with van der Waals surface area (Å²) in [7, 11) is 0. The number of hydrogen-bond donors (Lipinski definition) is 0. The molecule has 0 aromatic heterocycles. The number of ketones is 1. The molecule has 28 heavy (non-hydrogen) atoms. The molecule has 2 fully saturated rings. The second kappa shape index (κ2) is 9.68. The Balaban J connectivity index is 1.41. The van der Waals surface area contributed by atoms with E-state index >= 15 is 0 Å². The molecular weight excluding hydrogens is 360 g/mol. The number of benzene rings is 1. The standard InChI is InChI=1S/C21H28N2O5/c1-2-27-17-7-5-16(6-8-17)18(24)9-10-20(25)22-11-13-23(14-12-22)21(26)19-4-3-15-28-19/h5-8,19H,2-4,9-15H2,1H3. The van der Waals surface area contributed by atoms with Gasteiger partial charge in [-0.25, -0.2) is 0 Å². The summed E-state index contributed by atoms with van der Waals surface area (Å²) in [5.74, 6) is 0.674. The Morgan fingerprint density at radius 3 is 2.32 bits per heavy atom. The van der Waals surface area contributed by atoms with Gasteiger partial charge < -0.3 is 19.3 Å². The zero-order chi connectivity index (χ0) is 19.9. The van der Waals surface area contributed by atoms with Crippen LogP contribution in [0.5, 0.6) is 5.75 Å². The van der Waals surface area contributed by atoms with Gasteiger partial charge in [0, 0.05) is 51.2 Å². The monoisotopic (exact) mass is 388 g/mol. The first-order valence-corrected chi connectivity index (χ1v) is 10.0. The lowest BCUT2D eigenvalue weighted by molar-refractivity contribution is -0.146. The van der Waals surface area contributed by atoms with E-state index in [4.69, 9.17) is 9.47 Å². The van der Waals surface area contributed by atoms with E-state index in [9.17, 15) is 14.4 Å². The zero-order valence-corrected chi connectivity index (χ0v) is 16.4. The fraction of sp³-hybridized carbons (Fsp3) is 0.571. The van der Waals surface area contributed by atoms with E-state index in [1.54, 1.807) is 34.1 Å². The van der Waals surface area contributed by atoms with Gasteiger partial charge in [0.15, 0.2) is 5.78 Å². The molecule has 152 valence electrons. The maximum absolute atomic E-state index is 12.4. The molecule has 2 aliphatic heterocycles. The molecular formula is C21H28N2O5. The summed E-state index contributed by atoms with van der Waals surface area (Å²) in [6, 6.07) is 6.99. The minimum Gasteiger partial charge on any atom is -0.494 e. The predicted molar refractivity (Wildman–Crippen MR) is 103 cm³/mol. The molecule has 2 saturated heterocycles. The molecule has 7 heteroatoms. The summed E-state index contributed by atoms with van der Waals surface area (Å²) < 4.78 is 10.8. The van der Waals surface area contributed by atoms with Crippen LogP contribution in [-0.4, -0.2) is 72.9 Å². The summed E-state index contributed by atoms with van der Waals surface area (Å²) in [6.45, 7) is 5.20. The lowest BCUT2D eigenvalue weighted by atomic mass is 10.1. The average Bonchev–Trinajstić information content (AvgIpc) is 3.27. The van der Waals surface area contributed by atoms with Crippen LogP contribution in [0, 0.1) is 0 Å². The SMILES string of the molecule is CCOc1ccc(C(=O)CCC(=O)N2CCN(C(=O)C3CCCO3)CC2)cc1. The fourth-order valence-corrected chi connectivity index (χ4v) is 3.58. The number of carbonyl (C=O) groups excluding carboxylic acids is 3. The number of nitrogens with zero attached hydrogens (tertiary/aromatic N) is 2. The van der Waals surface area contributed by atoms with Crippen molar-refractivity contribution in [3.8, 4) is 5.75 Å². The molecule has 1 unspecified atom stereocenters. The van der Waals surface area contributed by atoms with Crippen LogP contribution in [0.15, 0.2) is 24.3 Å². The Bertz CT molecular complexity index is 689. The molecule has 0 saturated carbocycles. The van der Waals surface area contributed by atoms with Crippen LogP contribution in [0.3, 0.4) is 0 Å². The normalized spacial score (nSPS) is 19.5. The van der Waals surface area contributed by atoms with Gasteiger partial charge in [-0.3, -0.25) is 14.4 Å². The molecule has 1 atom stereocenters. The third-order valence-electron chi connectivity index (χ3n) is 5.20. The van der Waals surface area contributed by atoms with E-state index in [2.05, 4.69) is 0 Å². The molecule has 2 heterocycles. The maximum atomic E-state index is 12.4. The van der Waals surface area contributed by atoms with Gasteiger partial charge >= 0.3 is 0 Å². The summed E-state index contributed by atoms with van der Waals surface area (Å²) in [5, 5.41) is 0. The van der Waals surface area contributed by atoms with E-state index < -0.39 is 0 Å². The van der Waals surface area contributed by atoms with E-state index in [0.717, 1.165) is 18.6 Å². The van der Waals surface area contributed by atoms with Crippen molar-refractivity contribution in [3.63, 3.8) is 0 Å². The van der Waals surface area contributed by atoms with Crippen LogP contribution in [0.4, 0.5) is 0 Å². The molecule has 3 rings (SSSR count). The van der Waals surface area contributed by atoms with E-state index in [-0.39, 0.29) is 36.5 Å². The summed E-state index contributed by atoms with van der Waals surface area (Å²) in [5.41, 5.74) is 0.586. The van der Waals surface area contributed by atoms with Gasteiger partial charge in [-0.15, -0.1) is 0 Å². The molecule has 0 N–H and O–H groups in total. The highest BCUT2D eigenvalue weighted by molar-refractivity contribution is 5.98. The topological polar surface area (TPSA) is 76.2 Å². The molecule has 0 bridgehead atoms. The molecule has 7 nitrogen and oxygen atoms in total. The number of ether oxygens (including phenoxy) is 2. The second-order valence-corrected chi connectivity index (χ2v) is 7.09. The van der Waals surface area contributed by atoms with Crippen molar-refractivity contribution in [2.75, 3.05) is 39.4 Å². The first kappa shape index (κ1) is 20.3. The molecule has 0 radical (unpaired) electrons. The first-order chi connectivity index (χ1) is 13.6. The predicted octanol–water partition coefficient (Wildman–Crippen LogP) is 1.90. The number of piperazine rings is 1. The van der Waals surface area contributed by atoms with Gasteiger partial charge in [0.2, 0.25) is 5.91 Å². The quantitative estimate of drug-likeness (QED) is 0.667. The van der Waals surface area contributed by atoms with Crippen molar-refractivity contribution >= 4 is 17.6 Å². The van der Waals surface area contributed by atoms with Crippen LogP contribution < -0.4 is 4.74 Å². The molecule has 2 amide bonds. The minimum atomic E-state index is -0.311. The van der Waals surface area contributed by atoms with Crippen LogP contribution in [0.1, 0.15) is 43.0 Å². The minimum absolute atomic E-state index is 0.0373. The smallest absolute Gasteiger partial charge is 0.251 e. The molecule has 1 aromatic rings. The Kier molecular flexibility index (Phi) is 7.03. The third kappa shape index (κ3) is 5.10. The van der Waals surface area contributed by atoms with E-state index in [1.165, 1.54) is 0 Å².